The number of carbonyl (C=O) groups excluding carboxylic acids is 3. The van der Waals surface area contributed by atoms with Crippen molar-refractivity contribution in [2.75, 3.05) is 11.9 Å². The molecule has 0 fully saturated rings. The van der Waals surface area contributed by atoms with Crippen LogP contribution in [0.4, 0.5) is 14.5 Å². The molecule has 0 unspecified atom stereocenters. The quantitative estimate of drug-likeness (QED) is 0.377. The van der Waals surface area contributed by atoms with Gasteiger partial charge in [-0.2, -0.15) is 8.78 Å². The van der Waals surface area contributed by atoms with E-state index >= 15 is 0 Å². The number of thioether (sulfide) groups is 1. The molecule has 1 heterocycles. The first-order chi connectivity index (χ1) is 16.9. The van der Waals surface area contributed by atoms with E-state index in [0.717, 1.165) is 11.1 Å². The number of hydrogen-bond donors (Lipinski definition) is 1. The largest absolute Gasteiger partial charge is 0.454 e. The van der Waals surface area contributed by atoms with Crippen LogP contribution in [0.2, 0.25) is 0 Å². The lowest BCUT2D eigenvalue weighted by atomic mass is 9.93. The highest BCUT2D eigenvalue weighted by Crippen LogP contribution is 2.27. The third-order valence-corrected chi connectivity index (χ3v) is 6.23. The van der Waals surface area contributed by atoms with Crippen molar-refractivity contribution in [3.8, 4) is 0 Å². The van der Waals surface area contributed by atoms with Gasteiger partial charge in [0.05, 0.1) is 0 Å². The van der Waals surface area contributed by atoms with Crippen molar-refractivity contribution in [3.05, 3.63) is 95.6 Å². The number of alkyl halides is 2. The van der Waals surface area contributed by atoms with E-state index in [4.69, 9.17) is 4.74 Å². The molecule has 0 aliphatic carbocycles. The van der Waals surface area contributed by atoms with Gasteiger partial charge in [0.15, 0.2) is 6.61 Å². The minimum atomic E-state index is -2.53. The van der Waals surface area contributed by atoms with Crippen LogP contribution in [0.15, 0.2) is 83.8 Å². The minimum Gasteiger partial charge on any atom is -0.454 e. The number of esters is 1. The van der Waals surface area contributed by atoms with Gasteiger partial charge >= 0.3 is 5.97 Å². The van der Waals surface area contributed by atoms with Crippen molar-refractivity contribution < 1.29 is 27.9 Å². The van der Waals surface area contributed by atoms with E-state index in [-0.39, 0.29) is 18.9 Å². The van der Waals surface area contributed by atoms with Gasteiger partial charge < -0.3 is 15.0 Å². The topological polar surface area (TPSA) is 75.7 Å². The highest BCUT2D eigenvalue weighted by atomic mass is 32.2. The zero-order chi connectivity index (χ0) is 24.8. The number of amides is 2. The Balaban J connectivity index is 1.41. The molecule has 4 rings (SSSR count). The number of fused-ring (bicyclic) bond motifs is 1. The average Bonchev–Trinajstić information content (AvgIpc) is 2.87. The number of carbonyl (C=O) groups is 3. The lowest BCUT2D eigenvalue weighted by molar-refractivity contribution is -0.152. The predicted octanol–water partition coefficient (Wildman–Crippen LogP) is 4.75. The summed E-state index contributed by atoms with van der Waals surface area (Å²) in [6.07, 6.45) is 0.276. The van der Waals surface area contributed by atoms with Gasteiger partial charge in [-0.1, -0.05) is 54.2 Å². The Hall–Kier alpha value is -3.72. The second-order valence-corrected chi connectivity index (χ2v) is 8.91. The summed E-state index contributed by atoms with van der Waals surface area (Å²) in [5, 5.41) is 2.56. The van der Waals surface area contributed by atoms with Crippen molar-refractivity contribution in [3.63, 3.8) is 0 Å². The molecule has 9 heteroatoms. The molecule has 6 nitrogen and oxygen atoms in total. The Labute approximate surface area is 205 Å². The second-order valence-electron chi connectivity index (χ2n) is 7.85. The van der Waals surface area contributed by atoms with Crippen molar-refractivity contribution in [2.24, 2.45) is 0 Å². The molecule has 0 aromatic heterocycles. The Kier molecular flexibility index (Phi) is 7.77. The number of hydrogen-bond acceptors (Lipinski definition) is 5. The summed E-state index contributed by atoms with van der Waals surface area (Å²) in [5.41, 5.74) is 2.73. The minimum absolute atomic E-state index is 0.249. The average molecular weight is 497 g/mol. The Morgan fingerprint density at radius 3 is 2.29 bits per heavy atom. The summed E-state index contributed by atoms with van der Waals surface area (Å²) >= 11 is 0.404. The molecule has 1 aliphatic heterocycles. The maximum absolute atomic E-state index is 13.2. The maximum Gasteiger partial charge on any atom is 0.329 e. The van der Waals surface area contributed by atoms with Crippen LogP contribution < -0.4 is 5.32 Å². The number of halogens is 2. The van der Waals surface area contributed by atoms with E-state index in [0.29, 0.717) is 27.9 Å². The number of rotatable bonds is 7. The van der Waals surface area contributed by atoms with Crippen molar-refractivity contribution >= 4 is 35.2 Å². The van der Waals surface area contributed by atoms with Crippen molar-refractivity contribution in [2.45, 2.75) is 29.7 Å². The standard InChI is InChI=1S/C26H22F2N2O4S/c27-26(28)35-21-12-10-20(11-13-21)29-23(31)16-34-25(33)22-14-18-8-4-5-9-19(18)15-30(22)24(32)17-6-2-1-3-7-17/h1-13,22,26H,14-16H2,(H,29,31)/t22-/m1/s1. The third kappa shape index (κ3) is 6.24. The van der Waals surface area contributed by atoms with E-state index in [2.05, 4.69) is 5.32 Å². The molecule has 3 aromatic carbocycles. The van der Waals surface area contributed by atoms with Crippen LogP contribution in [-0.4, -0.2) is 41.1 Å². The molecule has 35 heavy (non-hydrogen) atoms. The van der Waals surface area contributed by atoms with Crippen molar-refractivity contribution in [1.29, 1.82) is 0 Å². The lowest BCUT2D eigenvalue weighted by Gasteiger charge is -2.35. The first-order valence-electron chi connectivity index (χ1n) is 10.8. The number of ether oxygens (including phenoxy) is 1. The van der Waals surface area contributed by atoms with Gasteiger partial charge in [-0.3, -0.25) is 9.59 Å². The highest BCUT2D eigenvalue weighted by molar-refractivity contribution is 7.99. The number of benzene rings is 3. The second kappa shape index (κ2) is 11.1. The van der Waals surface area contributed by atoms with Crippen molar-refractivity contribution in [1.82, 2.24) is 4.90 Å². The van der Waals surface area contributed by atoms with Gasteiger partial charge in [-0.05, 0) is 47.5 Å². The molecule has 2 amide bonds. The fourth-order valence-corrected chi connectivity index (χ4v) is 4.34. The number of nitrogens with one attached hydrogen (secondary N) is 1. The normalized spacial score (nSPS) is 14.8. The summed E-state index contributed by atoms with van der Waals surface area (Å²) in [6, 6.07) is 21.3. The fourth-order valence-electron chi connectivity index (χ4n) is 3.84. The summed E-state index contributed by atoms with van der Waals surface area (Å²) < 4.78 is 30.1. The van der Waals surface area contributed by atoms with E-state index in [1.165, 1.54) is 29.2 Å². The maximum atomic E-state index is 13.2. The first-order valence-corrected chi connectivity index (χ1v) is 11.7. The van der Waals surface area contributed by atoms with Gasteiger partial charge in [0.2, 0.25) is 0 Å². The molecular formula is C26H22F2N2O4S. The Morgan fingerprint density at radius 2 is 1.60 bits per heavy atom. The van der Waals surface area contributed by atoms with E-state index in [1.807, 2.05) is 24.3 Å². The van der Waals surface area contributed by atoms with E-state index in [9.17, 15) is 23.2 Å². The summed E-state index contributed by atoms with van der Waals surface area (Å²) in [6.45, 7) is -0.295. The predicted molar refractivity (Wildman–Crippen MR) is 128 cm³/mol. The SMILES string of the molecule is O=C(COC(=O)[C@H]1Cc2ccccc2CN1C(=O)c1ccccc1)Nc1ccc(SC(F)F)cc1. The smallest absolute Gasteiger partial charge is 0.329 e. The van der Waals surface area contributed by atoms with Crippen LogP contribution in [0.5, 0.6) is 0 Å². The van der Waals surface area contributed by atoms with Crippen LogP contribution in [0.25, 0.3) is 0 Å². The number of anilines is 1. The molecule has 0 saturated heterocycles. The molecule has 0 bridgehead atoms. The first kappa shape index (κ1) is 24.4. The Bertz CT molecular complexity index is 1210. The number of nitrogens with zero attached hydrogens (tertiary/aromatic N) is 1. The summed E-state index contributed by atoms with van der Waals surface area (Å²) in [5.74, 6) is -4.09. The van der Waals surface area contributed by atoms with Crippen LogP contribution in [0, 0.1) is 0 Å². The zero-order valence-electron chi connectivity index (χ0n) is 18.5. The van der Waals surface area contributed by atoms with Gasteiger partial charge in [0, 0.05) is 29.1 Å². The molecule has 0 saturated carbocycles. The molecule has 180 valence electrons. The molecule has 1 atom stereocenters. The highest BCUT2D eigenvalue weighted by Gasteiger charge is 2.36. The van der Waals surface area contributed by atoms with Crippen LogP contribution in [0.3, 0.4) is 0 Å². The van der Waals surface area contributed by atoms with Crippen LogP contribution in [0.1, 0.15) is 21.5 Å². The monoisotopic (exact) mass is 496 g/mol. The molecular weight excluding hydrogens is 474 g/mol. The van der Waals surface area contributed by atoms with Gasteiger partial charge in [-0.15, -0.1) is 0 Å². The summed E-state index contributed by atoms with van der Waals surface area (Å²) in [7, 11) is 0. The van der Waals surface area contributed by atoms with Gasteiger partial charge in [-0.25, -0.2) is 4.79 Å². The van der Waals surface area contributed by atoms with Gasteiger partial charge in [0.1, 0.15) is 6.04 Å². The molecule has 0 spiro atoms. The van der Waals surface area contributed by atoms with Crippen LogP contribution in [-0.2, 0) is 27.3 Å². The fraction of sp³-hybridized carbons (Fsp3) is 0.192. The summed E-state index contributed by atoms with van der Waals surface area (Å²) in [4.78, 5) is 40.3. The molecule has 1 N–H and O–H groups in total. The third-order valence-electron chi connectivity index (χ3n) is 5.51. The van der Waals surface area contributed by atoms with E-state index in [1.54, 1.807) is 30.3 Å². The zero-order valence-corrected chi connectivity index (χ0v) is 19.3. The lowest BCUT2D eigenvalue weighted by Crippen LogP contribution is -2.49. The van der Waals surface area contributed by atoms with E-state index < -0.39 is 30.3 Å². The Morgan fingerprint density at radius 1 is 0.943 bits per heavy atom. The molecule has 0 radical (unpaired) electrons. The van der Waals surface area contributed by atoms with Gasteiger partial charge in [0.25, 0.3) is 17.6 Å². The molecule has 1 aliphatic rings. The molecule has 3 aromatic rings. The van der Waals surface area contributed by atoms with Crippen LogP contribution >= 0.6 is 11.8 Å².